The normalized spacial score (nSPS) is 21.9. The van der Waals surface area contributed by atoms with E-state index in [9.17, 15) is 13.6 Å². The molecule has 0 radical (unpaired) electrons. The summed E-state index contributed by atoms with van der Waals surface area (Å²) in [5.41, 5.74) is 0. The highest BCUT2D eigenvalue weighted by atomic mass is 19.1. The van der Waals surface area contributed by atoms with Crippen LogP contribution in [-0.4, -0.2) is 73.9 Å². The van der Waals surface area contributed by atoms with Crippen molar-refractivity contribution >= 4 is 5.91 Å². The standard InChI is InChI=1S/C21H30F2N2O3/c22-10-2-1-3-11-24-12-8-18(9-13-24)25-14-20(28-16-21(25)26)15-27-19-6-4-17(23)5-7-19/h4-7,18,20H,1-3,8-16H2. The van der Waals surface area contributed by atoms with Gasteiger partial charge in [-0.25, -0.2) is 4.39 Å². The molecule has 28 heavy (non-hydrogen) atoms. The monoisotopic (exact) mass is 396 g/mol. The number of hydrogen-bond donors (Lipinski definition) is 0. The molecule has 1 atom stereocenters. The molecular formula is C21H30F2N2O3. The molecule has 0 saturated carbocycles. The van der Waals surface area contributed by atoms with Crippen LogP contribution in [0.5, 0.6) is 5.75 Å². The van der Waals surface area contributed by atoms with Gasteiger partial charge in [0.15, 0.2) is 0 Å². The van der Waals surface area contributed by atoms with E-state index in [1.54, 1.807) is 12.1 Å². The number of amides is 1. The summed E-state index contributed by atoms with van der Waals surface area (Å²) in [6.45, 7) is 3.68. The minimum absolute atomic E-state index is 0.0411. The zero-order valence-corrected chi connectivity index (χ0v) is 16.3. The van der Waals surface area contributed by atoms with Gasteiger partial charge in [0.25, 0.3) is 0 Å². The van der Waals surface area contributed by atoms with E-state index in [-0.39, 0.29) is 37.2 Å². The third-order valence-electron chi connectivity index (χ3n) is 5.52. The van der Waals surface area contributed by atoms with E-state index in [1.807, 2.05) is 4.90 Å². The molecule has 1 aromatic rings. The van der Waals surface area contributed by atoms with E-state index in [1.165, 1.54) is 12.1 Å². The van der Waals surface area contributed by atoms with E-state index in [2.05, 4.69) is 4.90 Å². The summed E-state index contributed by atoms with van der Waals surface area (Å²) in [5.74, 6) is 0.334. The summed E-state index contributed by atoms with van der Waals surface area (Å²) >= 11 is 0. The molecule has 7 heteroatoms. The molecule has 0 N–H and O–H groups in total. The lowest BCUT2D eigenvalue weighted by atomic mass is 10.0. The maximum Gasteiger partial charge on any atom is 0.248 e. The van der Waals surface area contributed by atoms with Crippen LogP contribution < -0.4 is 4.74 Å². The lowest BCUT2D eigenvalue weighted by molar-refractivity contribution is -0.155. The average Bonchev–Trinajstić information content (AvgIpc) is 2.72. The molecule has 2 heterocycles. The van der Waals surface area contributed by atoms with E-state index >= 15 is 0 Å². The van der Waals surface area contributed by atoms with Crippen molar-refractivity contribution in [3.8, 4) is 5.75 Å². The molecule has 1 amide bonds. The second kappa shape index (κ2) is 10.7. The van der Waals surface area contributed by atoms with E-state index < -0.39 is 0 Å². The largest absolute Gasteiger partial charge is 0.491 e. The summed E-state index contributed by atoms with van der Waals surface area (Å²) in [7, 11) is 0. The quantitative estimate of drug-likeness (QED) is 0.602. The fourth-order valence-electron chi connectivity index (χ4n) is 3.88. The molecule has 2 aliphatic heterocycles. The lowest BCUT2D eigenvalue weighted by Crippen LogP contribution is -2.55. The topological polar surface area (TPSA) is 42.0 Å². The highest BCUT2D eigenvalue weighted by molar-refractivity contribution is 5.78. The van der Waals surface area contributed by atoms with Crippen molar-refractivity contribution in [1.29, 1.82) is 0 Å². The number of ether oxygens (including phenoxy) is 2. The number of carbonyl (C=O) groups is 1. The van der Waals surface area contributed by atoms with Crippen LogP contribution in [0.25, 0.3) is 0 Å². The third kappa shape index (κ3) is 6.14. The highest BCUT2D eigenvalue weighted by Crippen LogP contribution is 2.21. The van der Waals surface area contributed by atoms with Gasteiger partial charge in [-0.05, 0) is 62.9 Å². The molecule has 0 bridgehead atoms. The molecule has 156 valence electrons. The van der Waals surface area contributed by atoms with Gasteiger partial charge >= 0.3 is 0 Å². The van der Waals surface area contributed by atoms with Crippen LogP contribution in [-0.2, 0) is 9.53 Å². The maximum atomic E-state index is 13.0. The predicted octanol–water partition coefficient (Wildman–Crippen LogP) is 3.04. The fraction of sp³-hybridized carbons (Fsp3) is 0.667. The van der Waals surface area contributed by atoms with Gasteiger partial charge in [0, 0.05) is 19.1 Å². The van der Waals surface area contributed by atoms with Crippen molar-refractivity contribution < 1.29 is 23.0 Å². The van der Waals surface area contributed by atoms with E-state index in [0.717, 1.165) is 45.3 Å². The van der Waals surface area contributed by atoms with Gasteiger partial charge in [-0.2, -0.15) is 0 Å². The molecule has 3 rings (SSSR count). The summed E-state index contributed by atoms with van der Waals surface area (Å²) in [6.07, 6.45) is 4.37. The first-order valence-electron chi connectivity index (χ1n) is 10.2. The Morgan fingerprint density at radius 1 is 1.11 bits per heavy atom. The fourth-order valence-corrected chi connectivity index (χ4v) is 3.88. The van der Waals surface area contributed by atoms with Crippen molar-refractivity contribution in [1.82, 2.24) is 9.80 Å². The minimum atomic E-state index is -0.299. The number of halogens is 2. The summed E-state index contributed by atoms with van der Waals surface area (Å²) < 4.78 is 36.4. The van der Waals surface area contributed by atoms with Crippen LogP contribution >= 0.6 is 0 Å². The molecule has 5 nitrogen and oxygen atoms in total. The Hall–Kier alpha value is -1.73. The smallest absolute Gasteiger partial charge is 0.248 e. The number of benzene rings is 1. The van der Waals surface area contributed by atoms with Crippen molar-refractivity contribution in [2.45, 2.75) is 44.2 Å². The average molecular weight is 396 g/mol. The molecule has 2 fully saturated rings. The van der Waals surface area contributed by atoms with E-state index in [4.69, 9.17) is 9.47 Å². The molecule has 0 aliphatic carbocycles. The molecule has 2 aliphatic rings. The van der Waals surface area contributed by atoms with Crippen LogP contribution in [0.3, 0.4) is 0 Å². The van der Waals surface area contributed by atoms with Crippen LogP contribution in [0.1, 0.15) is 32.1 Å². The first-order chi connectivity index (χ1) is 13.7. The number of alkyl halides is 1. The predicted molar refractivity (Wildman–Crippen MR) is 103 cm³/mol. The second-order valence-electron chi connectivity index (χ2n) is 7.57. The minimum Gasteiger partial charge on any atom is -0.491 e. The van der Waals surface area contributed by atoms with Gasteiger partial charge in [-0.3, -0.25) is 9.18 Å². The molecule has 2 saturated heterocycles. The van der Waals surface area contributed by atoms with Gasteiger partial charge in [0.05, 0.1) is 13.2 Å². The Bertz CT molecular complexity index is 606. The third-order valence-corrected chi connectivity index (χ3v) is 5.52. The number of nitrogens with zero attached hydrogens (tertiary/aromatic N) is 2. The Balaban J connectivity index is 1.42. The van der Waals surface area contributed by atoms with Gasteiger partial charge in [0.2, 0.25) is 5.91 Å². The first kappa shape index (κ1) is 21.0. The summed E-state index contributed by atoms with van der Waals surface area (Å²) in [5, 5.41) is 0. The van der Waals surface area contributed by atoms with Gasteiger partial charge in [0.1, 0.15) is 30.9 Å². The molecule has 1 unspecified atom stereocenters. The van der Waals surface area contributed by atoms with Gasteiger partial charge < -0.3 is 19.3 Å². The van der Waals surface area contributed by atoms with Crippen molar-refractivity contribution in [2.24, 2.45) is 0 Å². The molecule has 0 aromatic heterocycles. The number of likely N-dealkylation sites (tertiary alicyclic amines) is 1. The first-order valence-corrected chi connectivity index (χ1v) is 10.2. The van der Waals surface area contributed by atoms with Crippen LogP contribution in [0, 0.1) is 5.82 Å². The van der Waals surface area contributed by atoms with Crippen molar-refractivity contribution in [2.75, 3.05) is 46.1 Å². The summed E-state index contributed by atoms with van der Waals surface area (Å²) in [4.78, 5) is 16.7. The number of carbonyl (C=O) groups excluding carboxylic acids is 1. The number of hydrogen-bond acceptors (Lipinski definition) is 4. The number of unbranched alkanes of at least 4 members (excludes halogenated alkanes) is 2. The Kier molecular flexibility index (Phi) is 8.03. The van der Waals surface area contributed by atoms with Crippen LogP contribution in [0.15, 0.2) is 24.3 Å². The van der Waals surface area contributed by atoms with E-state index in [0.29, 0.717) is 25.3 Å². The second-order valence-corrected chi connectivity index (χ2v) is 7.57. The number of piperidine rings is 1. The Morgan fingerprint density at radius 3 is 2.57 bits per heavy atom. The Morgan fingerprint density at radius 2 is 1.86 bits per heavy atom. The SMILES string of the molecule is O=C1COC(COc2ccc(F)cc2)CN1C1CCN(CCCCCF)CC1. The zero-order chi connectivity index (χ0) is 19.8. The maximum absolute atomic E-state index is 13.0. The molecular weight excluding hydrogens is 366 g/mol. The Labute approximate surface area is 165 Å². The van der Waals surface area contributed by atoms with Crippen LogP contribution in [0.4, 0.5) is 8.78 Å². The van der Waals surface area contributed by atoms with Crippen molar-refractivity contribution in [3.05, 3.63) is 30.1 Å². The van der Waals surface area contributed by atoms with Gasteiger partial charge in [-0.1, -0.05) is 0 Å². The molecule has 1 aromatic carbocycles. The summed E-state index contributed by atoms with van der Waals surface area (Å²) in [6, 6.07) is 6.14. The molecule has 0 spiro atoms. The van der Waals surface area contributed by atoms with Crippen molar-refractivity contribution in [3.63, 3.8) is 0 Å². The number of morpholine rings is 1. The number of rotatable bonds is 9. The highest BCUT2D eigenvalue weighted by Gasteiger charge is 2.33. The van der Waals surface area contributed by atoms with Crippen LogP contribution in [0.2, 0.25) is 0 Å². The zero-order valence-electron chi connectivity index (χ0n) is 16.3. The van der Waals surface area contributed by atoms with Gasteiger partial charge in [-0.15, -0.1) is 0 Å². The lowest BCUT2D eigenvalue weighted by Gasteiger charge is -2.42.